The molecule has 2 N–H and O–H groups in total. The van der Waals surface area contributed by atoms with E-state index in [-0.39, 0.29) is 18.2 Å². The van der Waals surface area contributed by atoms with Crippen LogP contribution in [0.3, 0.4) is 0 Å². The van der Waals surface area contributed by atoms with Gasteiger partial charge < -0.3 is 10.2 Å². The first-order valence-electron chi connectivity index (χ1n) is 7.32. The molecular formula is C15H25N3O3S. The predicted octanol–water partition coefficient (Wildman–Crippen LogP) is 0.216. The van der Waals surface area contributed by atoms with Gasteiger partial charge in [0, 0.05) is 13.1 Å². The highest BCUT2D eigenvalue weighted by Gasteiger charge is 2.12. The number of carbonyl (C=O) groups is 1. The normalized spacial score (nSPS) is 11.6. The van der Waals surface area contributed by atoms with Crippen molar-refractivity contribution in [1.29, 1.82) is 0 Å². The van der Waals surface area contributed by atoms with E-state index in [1.54, 1.807) is 0 Å². The van der Waals surface area contributed by atoms with E-state index in [1.807, 2.05) is 49.3 Å². The second-order valence-electron chi connectivity index (χ2n) is 5.38. The Bertz CT molecular complexity index is 544. The van der Waals surface area contributed by atoms with Crippen molar-refractivity contribution >= 4 is 15.9 Å². The van der Waals surface area contributed by atoms with Crippen LogP contribution in [-0.2, 0) is 21.2 Å². The highest BCUT2D eigenvalue weighted by Crippen LogP contribution is 2.03. The molecule has 0 radical (unpaired) electrons. The number of sulfonamides is 1. The maximum Gasteiger partial charge on any atom is 0.235 e. The van der Waals surface area contributed by atoms with Crippen molar-refractivity contribution in [2.45, 2.75) is 12.8 Å². The van der Waals surface area contributed by atoms with Crippen LogP contribution >= 0.6 is 0 Å². The zero-order valence-electron chi connectivity index (χ0n) is 13.2. The molecule has 1 rings (SSSR count). The Morgan fingerprint density at radius 2 is 1.86 bits per heavy atom. The summed E-state index contributed by atoms with van der Waals surface area (Å²) < 4.78 is 25.9. The number of rotatable bonds is 10. The summed E-state index contributed by atoms with van der Waals surface area (Å²) in [6, 6.07) is 9.73. The van der Waals surface area contributed by atoms with E-state index in [2.05, 4.69) is 10.0 Å². The van der Waals surface area contributed by atoms with Gasteiger partial charge in [-0.2, -0.15) is 0 Å². The van der Waals surface area contributed by atoms with Crippen LogP contribution < -0.4 is 10.0 Å². The Labute approximate surface area is 132 Å². The Morgan fingerprint density at radius 3 is 2.50 bits per heavy atom. The second-order valence-corrected chi connectivity index (χ2v) is 7.31. The maximum absolute atomic E-state index is 11.8. The van der Waals surface area contributed by atoms with Gasteiger partial charge in [0.2, 0.25) is 15.9 Å². The molecule has 1 aromatic carbocycles. The fraction of sp³-hybridized carbons (Fsp3) is 0.533. The largest absolute Gasteiger partial charge is 0.354 e. The molecule has 0 fully saturated rings. The molecule has 0 spiro atoms. The van der Waals surface area contributed by atoms with Crippen molar-refractivity contribution in [1.82, 2.24) is 14.9 Å². The van der Waals surface area contributed by atoms with Crippen LogP contribution in [0, 0.1) is 0 Å². The fourth-order valence-corrected chi connectivity index (χ4v) is 2.86. The average molecular weight is 327 g/mol. The molecule has 0 saturated heterocycles. The van der Waals surface area contributed by atoms with Gasteiger partial charge in [-0.15, -0.1) is 0 Å². The van der Waals surface area contributed by atoms with E-state index in [0.717, 1.165) is 12.1 Å². The van der Waals surface area contributed by atoms with Crippen molar-refractivity contribution in [3.05, 3.63) is 35.9 Å². The average Bonchev–Trinajstić information content (AvgIpc) is 2.46. The van der Waals surface area contributed by atoms with Crippen LogP contribution in [0.2, 0.25) is 0 Å². The molecule has 1 amide bonds. The Morgan fingerprint density at radius 1 is 1.18 bits per heavy atom. The minimum Gasteiger partial charge on any atom is -0.354 e. The van der Waals surface area contributed by atoms with Gasteiger partial charge in [0.05, 0.1) is 12.3 Å². The van der Waals surface area contributed by atoms with Crippen molar-refractivity contribution in [3.8, 4) is 0 Å². The molecule has 124 valence electrons. The van der Waals surface area contributed by atoms with Crippen LogP contribution in [0.1, 0.15) is 12.0 Å². The monoisotopic (exact) mass is 327 g/mol. The highest BCUT2D eigenvalue weighted by atomic mass is 32.2. The minimum atomic E-state index is -3.41. The lowest BCUT2D eigenvalue weighted by atomic mass is 10.1. The minimum absolute atomic E-state index is 0.0207. The first-order valence-corrected chi connectivity index (χ1v) is 8.97. The van der Waals surface area contributed by atoms with E-state index in [4.69, 9.17) is 0 Å². The number of nitrogens with zero attached hydrogens (tertiary/aromatic N) is 1. The molecule has 22 heavy (non-hydrogen) atoms. The van der Waals surface area contributed by atoms with Crippen LogP contribution in [0.4, 0.5) is 0 Å². The number of aryl methyl sites for hydroxylation is 1. The summed E-state index contributed by atoms with van der Waals surface area (Å²) in [5, 5.41) is 2.66. The van der Waals surface area contributed by atoms with Gasteiger partial charge in [0.15, 0.2) is 0 Å². The summed E-state index contributed by atoms with van der Waals surface area (Å²) >= 11 is 0. The maximum atomic E-state index is 11.8. The third-order valence-electron chi connectivity index (χ3n) is 3.06. The lowest BCUT2D eigenvalue weighted by Crippen LogP contribution is -2.40. The van der Waals surface area contributed by atoms with Crippen LogP contribution in [-0.4, -0.2) is 58.7 Å². The lowest BCUT2D eigenvalue weighted by Gasteiger charge is -2.11. The van der Waals surface area contributed by atoms with Gasteiger partial charge in [0.25, 0.3) is 0 Å². The van der Waals surface area contributed by atoms with Gasteiger partial charge in [-0.3, -0.25) is 4.79 Å². The van der Waals surface area contributed by atoms with Crippen LogP contribution in [0.5, 0.6) is 0 Å². The molecule has 0 aliphatic heterocycles. The number of hydrogen-bond donors (Lipinski definition) is 2. The number of benzene rings is 1. The standard InChI is InChI=1S/C15H25N3O3S/c1-18(2)11-10-16-15(19)13-17-22(20,21)12-6-9-14-7-4-3-5-8-14/h3-5,7-8,17H,6,9-13H2,1-2H3,(H,16,19). The van der Waals surface area contributed by atoms with Gasteiger partial charge >= 0.3 is 0 Å². The Balaban J connectivity index is 2.22. The zero-order valence-corrected chi connectivity index (χ0v) is 14.0. The van der Waals surface area contributed by atoms with Crippen LogP contribution in [0.15, 0.2) is 30.3 Å². The number of amides is 1. The van der Waals surface area contributed by atoms with E-state index >= 15 is 0 Å². The molecule has 7 heteroatoms. The van der Waals surface area contributed by atoms with Crippen LogP contribution in [0.25, 0.3) is 0 Å². The van der Waals surface area contributed by atoms with E-state index < -0.39 is 10.0 Å². The van der Waals surface area contributed by atoms with Gasteiger partial charge in [-0.1, -0.05) is 30.3 Å². The van der Waals surface area contributed by atoms with Crippen molar-refractivity contribution in [3.63, 3.8) is 0 Å². The fourth-order valence-electron chi connectivity index (χ4n) is 1.84. The number of hydrogen-bond acceptors (Lipinski definition) is 4. The lowest BCUT2D eigenvalue weighted by molar-refractivity contribution is -0.119. The third-order valence-corrected chi connectivity index (χ3v) is 4.47. The molecule has 0 aliphatic carbocycles. The number of carbonyl (C=O) groups excluding carboxylic acids is 1. The first kappa shape index (κ1) is 18.6. The number of nitrogens with one attached hydrogen (secondary N) is 2. The topological polar surface area (TPSA) is 78.5 Å². The van der Waals surface area contributed by atoms with E-state index in [9.17, 15) is 13.2 Å². The third kappa shape index (κ3) is 8.76. The molecule has 0 bridgehead atoms. The van der Waals surface area contributed by atoms with E-state index in [0.29, 0.717) is 19.4 Å². The summed E-state index contributed by atoms with van der Waals surface area (Å²) in [4.78, 5) is 13.4. The molecule has 0 heterocycles. The van der Waals surface area contributed by atoms with Crippen molar-refractivity contribution in [2.75, 3.05) is 39.5 Å². The smallest absolute Gasteiger partial charge is 0.235 e. The predicted molar refractivity (Wildman–Crippen MR) is 88.1 cm³/mol. The van der Waals surface area contributed by atoms with Gasteiger partial charge in [0.1, 0.15) is 0 Å². The molecule has 1 aromatic rings. The van der Waals surface area contributed by atoms with E-state index in [1.165, 1.54) is 0 Å². The summed E-state index contributed by atoms with van der Waals surface area (Å²) in [6.07, 6.45) is 1.23. The molecule has 0 unspecified atom stereocenters. The summed E-state index contributed by atoms with van der Waals surface area (Å²) in [5.41, 5.74) is 1.11. The van der Waals surface area contributed by atoms with Crippen molar-refractivity contribution in [2.24, 2.45) is 0 Å². The van der Waals surface area contributed by atoms with Gasteiger partial charge in [-0.05, 0) is 32.5 Å². The second kappa shape index (κ2) is 9.55. The molecule has 0 aliphatic rings. The number of likely N-dealkylation sites (N-methyl/N-ethyl adjacent to an activating group) is 1. The van der Waals surface area contributed by atoms with Crippen molar-refractivity contribution < 1.29 is 13.2 Å². The molecule has 0 saturated carbocycles. The Hall–Kier alpha value is -1.44. The molecule has 0 atom stereocenters. The summed E-state index contributed by atoms with van der Waals surface area (Å²) in [6.45, 7) is 1.01. The first-order chi connectivity index (χ1) is 10.4. The van der Waals surface area contributed by atoms with Gasteiger partial charge in [-0.25, -0.2) is 13.1 Å². The highest BCUT2D eigenvalue weighted by molar-refractivity contribution is 7.89. The Kier molecular flexibility index (Phi) is 8.08. The molecule has 6 nitrogen and oxygen atoms in total. The zero-order chi connectivity index (χ0) is 16.4. The molecular weight excluding hydrogens is 302 g/mol. The summed E-state index contributed by atoms with van der Waals surface area (Å²) in [7, 11) is 0.399. The SMILES string of the molecule is CN(C)CCNC(=O)CNS(=O)(=O)CCCc1ccccc1. The quantitative estimate of drug-likeness (QED) is 0.644. The molecule has 0 aromatic heterocycles. The summed E-state index contributed by atoms with van der Waals surface area (Å²) in [5.74, 6) is -0.291.